The molecule has 0 saturated heterocycles. The number of nitrogens with zero attached hydrogens (tertiary/aromatic N) is 1. The van der Waals surface area contributed by atoms with E-state index < -0.39 is 0 Å². The second kappa shape index (κ2) is 6.57. The molecule has 1 N–H and O–H groups in total. The van der Waals surface area contributed by atoms with Crippen molar-refractivity contribution in [3.63, 3.8) is 0 Å². The lowest BCUT2D eigenvalue weighted by molar-refractivity contribution is 0.771. The van der Waals surface area contributed by atoms with Crippen LogP contribution in [0.1, 0.15) is 12.8 Å². The summed E-state index contributed by atoms with van der Waals surface area (Å²) in [7, 11) is 3.98. The van der Waals surface area contributed by atoms with E-state index in [1.54, 1.807) is 0 Å². The predicted octanol–water partition coefficient (Wildman–Crippen LogP) is 3.64. The molecule has 90 valence electrons. The Hall–Kier alpha value is -0.130. The highest BCUT2D eigenvalue weighted by atomic mass is 32.2. The van der Waals surface area contributed by atoms with Crippen LogP contribution in [0.3, 0.4) is 0 Å². The van der Waals surface area contributed by atoms with E-state index in [9.17, 15) is 0 Å². The molecule has 0 saturated carbocycles. The third kappa shape index (κ3) is 2.96. The van der Waals surface area contributed by atoms with Crippen molar-refractivity contribution in [2.24, 2.45) is 0 Å². The summed E-state index contributed by atoms with van der Waals surface area (Å²) in [6.45, 7) is 1.05. The number of hydrogen-bond acceptors (Lipinski definition) is 5. The molecule has 2 nitrogen and oxygen atoms in total. The Kier molecular flexibility index (Phi) is 5.72. The number of unbranched alkanes of at least 4 members (excludes halogenated alkanes) is 1. The van der Waals surface area contributed by atoms with Crippen molar-refractivity contribution in [3.05, 3.63) is 9.02 Å². The summed E-state index contributed by atoms with van der Waals surface area (Å²) in [4.78, 5) is 2.21. The van der Waals surface area contributed by atoms with Crippen LogP contribution < -0.4 is 10.2 Å². The van der Waals surface area contributed by atoms with Crippen LogP contribution in [0.4, 0.5) is 11.4 Å². The van der Waals surface area contributed by atoms with Gasteiger partial charge >= 0.3 is 0 Å². The van der Waals surface area contributed by atoms with Crippen molar-refractivity contribution in [2.75, 3.05) is 42.9 Å². The summed E-state index contributed by atoms with van der Waals surface area (Å²) in [5, 5.41) is 3.12. The maximum absolute atomic E-state index is 5.26. The van der Waals surface area contributed by atoms with Gasteiger partial charge in [-0.25, -0.2) is 0 Å². The summed E-state index contributed by atoms with van der Waals surface area (Å²) in [5.74, 6) is 1.23. The van der Waals surface area contributed by atoms with Gasteiger partial charge < -0.3 is 10.2 Å². The Bertz CT molecular complexity index is 407. The normalized spacial score (nSPS) is 10.7. The molecule has 0 heterocycles. The molecule has 0 atom stereocenters. The van der Waals surface area contributed by atoms with E-state index >= 15 is 0 Å². The Morgan fingerprint density at radius 1 is 1.25 bits per heavy atom. The largest absolute Gasteiger partial charge is 0.385 e. The molecule has 16 heavy (non-hydrogen) atoms. The first-order valence-corrected chi connectivity index (χ1v) is 7.55. The maximum atomic E-state index is 5.26. The first kappa shape index (κ1) is 13.9. The molecule has 0 radical (unpaired) electrons. The monoisotopic (exact) mass is 274 g/mol. The standard InChI is InChI=1S/C11H18N2S3/c1-12-8-9(11(15)10(8)14)13(2)6-4-5-7-16-3/h12H,4-7H2,1-3H3. The van der Waals surface area contributed by atoms with Crippen molar-refractivity contribution < 1.29 is 0 Å². The summed E-state index contributed by atoms with van der Waals surface area (Å²) >= 11 is 12.3. The summed E-state index contributed by atoms with van der Waals surface area (Å²) in [5.41, 5.74) is 2.15. The molecule has 0 spiro atoms. The number of nitrogens with one attached hydrogen (secondary N) is 1. The number of thioether (sulfide) groups is 1. The highest BCUT2D eigenvalue weighted by Crippen LogP contribution is 2.34. The highest BCUT2D eigenvalue weighted by molar-refractivity contribution is 7.98. The summed E-state index contributed by atoms with van der Waals surface area (Å²) in [6, 6.07) is 0. The van der Waals surface area contributed by atoms with Crippen LogP contribution in [0.2, 0.25) is 0 Å². The topological polar surface area (TPSA) is 15.3 Å². The molecule has 1 aromatic carbocycles. The quantitative estimate of drug-likeness (QED) is 0.601. The van der Waals surface area contributed by atoms with Gasteiger partial charge in [-0.15, -0.1) is 0 Å². The molecule has 0 amide bonds. The minimum Gasteiger partial charge on any atom is -0.385 e. The molecule has 0 aliphatic heterocycles. The molecule has 0 fully saturated rings. The van der Waals surface area contributed by atoms with Crippen molar-refractivity contribution in [2.45, 2.75) is 12.8 Å². The van der Waals surface area contributed by atoms with Crippen molar-refractivity contribution in [1.29, 1.82) is 0 Å². The second-order valence-electron chi connectivity index (χ2n) is 3.75. The predicted molar refractivity (Wildman–Crippen MR) is 80.9 cm³/mol. The van der Waals surface area contributed by atoms with Crippen molar-refractivity contribution in [1.82, 2.24) is 0 Å². The van der Waals surface area contributed by atoms with Gasteiger partial charge in [-0.3, -0.25) is 0 Å². The van der Waals surface area contributed by atoms with Gasteiger partial charge in [-0.05, 0) is 24.9 Å². The van der Waals surface area contributed by atoms with E-state index in [0.717, 1.165) is 26.9 Å². The SMILES string of the molecule is CNc1c(N(C)CCCCSC)c(=S)c1=S. The van der Waals surface area contributed by atoms with Crippen LogP contribution in [0.5, 0.6) is 0 Å². The average molecular weight is 274 g/mol. The van der Waals surface area contributed by atoms with Gasteiger partial charge in [0, 0.05) is 20.6 Å². The lowest BCUT2D eigenvalue weighted by Crippen LogP contribution is -2.22. The van der Waals surface area contributed by atoms with E-state index in [4.69, 9.17) is 24.4 Å². The lowest BCUT2D eigenvalue weighted by atomic mass is 10.2. The Balaban J connectivity index is 2.53. The Labute approximate surface area is 112 Å². The van der Waals surface area contributed by atoms with Crippen LogP contribution in [-0.2, 0) is 0 Å². The van der Waals surface area contributed by atoms with Crippen LogP contribution in [-0.4, -0.2) is 32.6 Å². The Morgan fingerprint density at radius 3 is 2.50 bits per heavy atom. The molecule has 0 aromatic heterocycles. The van der Waals surface area contributed by atoms with E-state index in [-0.39, 0.29) is 0 Å². The van der Waals surface area contributed by atoms with E-state index in [1.165, 1.54) is 18.6 Å². The zero-order valence-corrected chi connectivity index (χ0v) is 12.4. The fraction of sp³-hybridized carbons (Fsp3) is 0.636. The zero-order chi connectivity index (χ0) is 12.1. The molecule has 0 unspecified atom stereocenters. The number of hydrogen-bond donors (Lipinski definition) is 1. The summed E-state index contributed by atoms with van der Waals surface area (Å²) < 4.78 is 1.65. The van der Waals surface area contributed by atoms with Crippen LogP contribution in [0, 0.1) is 9.02 Å². The first-order valence-electron chi connectivity index (χ1n) is 5.34. The van der Waals surface area contributed by atoms with Gasteiger partial charge in [0.2, 0.25) is 0 Å². The number of rotatable bonds is 7. The average Bonchev–Trinajstić information content (AvgIpc) is 2.29. The third-order valence-electron chi connectivity index (χ3n) is 2.61. The molecule has 0 aliphatic carbocycles. The summed E-state index contributed by atoms with van der Waals surface area (Å²) in [6.07, 6.45) is 4.60. The molecule has 0 aliphatic rings. The van der Waals surface area contributed by atoms with Gasteiger partial charge in [-0.1, -0.05) is 24.4 Å². The van der Waals surface area contributed by atoms with Gasteiger partial charge in [-0.2, -0.15) is 11.8 Å². The minimum absolute atomic E-state index is 0.809. The Morgan fingerprint density at radius 2 is 1.94 bits per heavy atom. The number of anilines is 2. The van der Waals surface area contributed by atoms with Crippen LogP contribution >= 0.6 is 36.2 Å². The lowest BCUT2D eigenvalue weighted by Gasteiger charge is -2.25. The smallest absolute Gasteiger partial charge is 0.0834 e. The fourth-order valence-corrected chi connectivity index (χ4v) is 2.83. The third-order valence-corrected chi connectivity index (χ3v) is 4.24. The molecule has 1 rings (SSSR count). The van der Waals surface area contributed by atoms with Gasteiger partial charge in [0.25, 0.3) is 0 Å². The van der Waals surface area contributed by atoms with Gasteiger partial charge in [0.1, 0.15) is 0 Å². The van der Waals surface area contributed by atoms with Crippen LogP contribution in [0.15, 0.2) is 0 Å². The molecule has 0 bridgehead atoms. The highest BCUT2D eigenvalue weighted by Gasteiger charge is 2.16. The second-order valence-corrected chi connectivity index (χ2v) is 5.56. The van der Waals surface area contributed by atoms with Crippen LogP contribution in [0.25, 0.3) is 0 Å². The first-order chi connectivity index (χ1) is 7.63. The van der Waals surface area contributed by atoms with Gasteiger partial charge in [0.15, 0.2) is 0 Å². The molecule has 1 aromatic rings. The van der Waals surface area contributed by atoms with Crippen molar-refractivity contribution in [3.8, 4) is 0 Å². The van der Waals surface area contributed by atoms with E-state index in [0.29, 0.717) is 0 Å². The van der Waals surface area contributed by atoms with Gasteiger partial charge in [0.05, 0.1) is 20.4 Å². The van der Waals surface area contributed by atoms with E-state index in [2.05, 4.69) is 23.5 Å². The van der Waals surface area contributed by atoms with Crippen molar-refractivity contribution >= 4 is 47.6 Å². The molecular formula is C11H18N2S3. The maximum Gasteiger partial charge on any atom is 0.0834 e. The molecular weight excluding hydrogens is 256 g/mol. The minimum atomic E-state index is 0.809. The van der Waals surface area contributed by atoms with E-state index in [1.807, 2.05) is 18.8 Å². The molecule has 5 heteroatoms. The fourth-order valence-electron chi connectivity index (χ4n) is 1.68. The zero-order valence-electron chi connectivity index (χ0n) is 10.0.